The first-order valence-electron chi connectivity index (χ1n) is 6.33. The largest absolute Gasteiger partial charge is 0.507 e. The van der Waals surface area contributed by atoms with Gasteiger partial charge in [-0.25, -0.2) is 0 Å². The van der Waals surface area contributed by atoms with Crippen LogP contribution in [0.4, 0.5) is 0 Å². The van der Waals surface area contributed by atoms with Crippen molar-refractivity contribution in [3.05, 3.63) is 30.1 Å². The van der Waals surface area contributed by atoms with Crippen LogP contribution in [-0.4, -0.2) is 24.9 Å². The highest BCUT2D eigenvalue weighted by Gasteiger charge is 2.26. The van der Waals surface area contributed by atoms with Crippen molar-refractivity contribution in [3.8, 4) is 16.3 Å². The Morgan fingerprint density at radius 2 is 2.05 bits per heavy atom. The molecule has 0 atom stereocenters. The van der Waals surface area contributed by atoms with Crippen LogP contribution in [0.1, 0.15) is 31.0 Å². The molecule has 1 aromatic carbocycles. The normalized spacial score (nSPS) is 15.8. The third-order valence-electron chi connectivity index (χ3n) is 3.62. The summed E-state index contributed by atoms with van der Waals surface area (Å²) in [5, 5.41) is 23.6. The standard InChI is InChI=1S/C13H12N4OS/c18-10-7-2-1-6-9(10)12-16-17-11(8-4-3-5-8)14-15-13(17)19-12/h1-2,6-8,18H,3-5H2. The summed E-state index contributed by atoms with van der Waals surface area (Å²) >= 11 is 1.46. The number of benzene rings is 1. The van der Waals surface area contributed by atoms with E-state index in [1.54, 1.807) is 12.1 Å². The number of phenolic OH excluding ortho intramolecular Hbond substituents is 1. The molecule has 19 heavy (non-hydrogen) atoms. The summed E-state index contributed by atoms with van der Waals surface area (Å²) in [6.07, 6.45) is 3.60. The number of aromatic nitrogens is 4. The van der Waals surface area contributed by atoms with Crippen LogP contribution in [0.25, 0.3) is 15.5 Å². The average molecular weight is 272 g/mol. The third kappa shape index (κ3) is 1.63. The highest BCUT2D eigenvalue weighted by Crippen LogP contribution is 2.37. The Balaban J connectivity index is 1.84. The predicted molar refractivity (Wildman–Crippen MR) is 72.4 cm³/mol. The number of hydrogen-bond acceptors (Lipinski definition) is 5. The number of rotatable bonds is 2. The number of fused-ring (bicyclic) bond motifs is 1. The zero-order valence-corrected chi connectivity index (χ0v) is 11.0. The van der Waals surface area contributed by atoms with Crippen LogP contribution >= 0.6 is 11.3 Å². The van der Waals surface area contributed by atoms with Gasteiger partial charge in [0.1, 0.15) is 5.75 Å². The lowest BCUT2D eigenvalue weighted by atomic mass is 9.85. The average Bonchev–Trinajstić information content (AvgIpc) is 2.90. The molecule has 2 aromatic heterocycles. The molecule has 3 aromatic rings. The van der Waals surface area contributed by atoms with Gasteiger partial charge in [-0.05, 0) is 25.0 Å². The molecular formula is C13H12N4OS. The van der Waals surface area contributed by atoms with Gasteiger partial charge < -0.3 is 5.11 Å². The number of hydrogen-bond donors (Lipinski definition) is 1. The molecule has 0 amide bonds. The molecule has 1 aliphatic carbocycles. The Labute approximate surface area is 113 Å². The molecule has 0 aliphatic heterocycles. The summed E-state index contributed by atoms with van der Waals surface area (Å²) in [7, 11) is 0. The van der Waals surface area contributed by atoms with Gasteiger partial charge in [-0.1, -0.05) is 29.9 Å². The van der Waals surface area contributed by atoms with Crippen molar-refractivity contribution < 1.29 is 5.11 Å². The van der Waals surface area contributed by atoms with Gasteiger partial charge in [-0.2, -0.15) is 9.61 Å². The first-order valence-corrected chi connectivity index (χ1v) is 7.15. The van der Waals surface area contributed by atoms with E-state index in [1.165, 1.54) is 30.6 Å². The van der Waals surface area contributed by atoms with Crippen molar-refractivity contribution in [1.82, 2.24) is 19.8 Å². The number of para-hydroxylation sites is 1. The van der Waals surface area contributed by atoms with E-state index in [-0.39, 0.29) is 5.75 Å². The molecule has 0 radical (unpaired) electrons. The second-order valence-electron chi connectivity index (χ2n) is 4.80. The Bertz CT molecular complexity index is 744. The van der Waals surface area contributed by atoms with E-state index in [9.17, 15) is 5.11 Å². The van der Waals surface area contributed by atoms with E-state index in [0.717, 1.165) is 21.4 Å². The van der Waals surface area contributed by atoms with Crippen molar-refractivity contribution in [2.75, 3.05) is 0 Å². The molecule has 0 saturated heterocycles. The topological polar surface area (TPSA) is 63.3 Å². The van der Waals surface area contributed by atoms with Crippen LogP contribution < -0.4 is 0 Å². The maximum atomic E-state index is 9.88. The van der Waals surface area contributed by atoms with Crippen molar-refractivity contribution in [1.29, 1.82) is 0 Å². The van der Waals surface area contributed by atoms with Crippen molar-refractivity contribution in [2.45, 2.75) is 25.2 Å². The molecule has 5 nitrogen and oxygen atoms in total. The van der Waals surface area contributed by atoms with Crippen LogP contribution in [-0.2, 0) is 0 Å². The Morgan fingerprint density at radius 1 is 1.21 bits per heavy atom. The van der Waals surface area contributed by atoms with E-state index in [1.807, 2.05) is 16.6 Å². The van der Waals surface area contributed by atoms with Gasteiger partial charge >= 0.3 is 0 Å². The van der Waals surface area contributed by atoms with E-state index >= 15 is 0 Å². The molecule has 4 rings (SSSR count). The summed E-state index contributed by atoms with van der Waals surface area (Å²) in [5.74, 6) is 1.70. The molecule has 96 valence electrons. The molecule has 1 saturated carbocycles. The molecule has 0 spiro atoms. The van der Waals surface area contributed by atoms with Crippen LogP contribution in [0.15, 0.2) is 24.3 Å². The summed E-state index contributed by atoms with van der Waals surface area (Å²) in [6.45, 7) is 0. The molecule has 1 aliphatic rings. The van der Waals surface area contributed by atoms with Crippen LogP contribution in [0.3, 0.4) is 0 Å². The monoisotopic (exact) mass is 272 g/mol. The van der Waals surface area contributed by atoms with Gasteiger partial charge in [-0.3, -0.25) is 0 Å². The lowest BCUT2D eigenvalue weighted by molar-refractivity contribution is 0.395. The van der Waals surface area contributed by atoms with Crippen LogP contribution in [0.2, 0.25) is 0 Å². The summed E-state index contributed by atoms with van der Waals surface area (Å²) in [6, 6.07) is 7.23. The Kier molecular flexibility index (Phi) is 2.32. The third-order valence-corrected chi connectivity index (χ3v) is 4.55. The first kappa shape index (κ1) is 10.9. The molecule has 0 bridgehead atoms. The minimum absolute atomic E-state index is 0.248. The summed E-state index contributed by atoms with van der Waals surface area (Å²) < 4.78 is 1.83. The lowest BCUT2D eigenvalue weighted by Gasteiger charge is -2.22. The molecule has 0 unspecified atom stereocenters. The highest BCUT2D eigenvalue weighted by molar-refractivity contribution is 7.19. The fourth-order valence-electron chi connectivity index (χ4n) is 2.32. The number of aromatic hydroxyl groups is 1. The quantitative estimate of drug-likeness (QED) is 0.779. The predicted octanol–water partition coefficient (Wildman–Crippen LogP) is 2.83. The smallest absolute Gasteiger partial charge is 0.234 e. The van der Waals surface area contributed by atoms with Crippen molar-refractivity contribution in [3.63, 3.8) is 0 Å². The second-order valence-corrected chi connectivity index (χ2v) is 5.76. The SMILES string of the molecule is Oc1ccccc1-c1nn2c(C3CCC3)nnc2s1. The molecule has 6 heteroatoms. The number of phenols is 1. The highest BCUT2D eigenvalue weighted by atomic mass is 32.1. The van der Waals surface area contributed by atoms with Crippen molar-refractivity contribution >= 4 is 16.3 Å². The van der Waals surface area contributed by atoms with Gasteiger partial charge in [-0.15, -0.1) is 10.2 Å². The first-order chi connectivity index (χ1) is 9.33. The fraction of sp³-hybridized carbons (Fsp3) is 0.308. The summed E-state index contributed by atoms with van der Waals surface area (Å²) in [5.41, 5.74) is 0.748. The minimum Gasteiger partial charge on any atom is -0.507 e. The van der Waals surface area contributed by atoms with Gasteiger partial charge in [0.05, 0.1) is 5.56 Å². The van der Waals surface area contributed by atoms with E-state index in [4.69, 9.17) is 0 Å². The van der Waals surface area contributed by atoms with Crippen LogP contribution in [0.5, 0.6) is 5.75 Å². The summed E-state index contributed by atoms with van der Waals surface area (Å²) in [4.78, 5) is 0.792. The van der Waals surface area contributed by atoms with E-state index in [0.29, 0.717) is 5.92 Å². The lowest BCUT2D eigenvalue weighted by Crippen LogP contribution is -2.12. The number of nitrogens with zero attached hydrogens (tertiary/aromatic N) is 4. The Morgan fingerprint density at radius 3 is 2.79 bits per heavy atom. The van der Waals surface area contributed by atoms with Gasteiger partial charge in [0.15, 0.2) is 10.8 Å². The fourth-order valence-corrected chi connectivity index (χ4v) is 3.20. The molecule has 2 heterocycles. The van der Waals surface area contributed by atoms with E-state index < -0.39 is 0 Å². The van der Waals surface area contributed by atoms with Gasteiger partial charge in [0.25, 0.3) is 0 Å². The second kappa shape index (κ2) is 4.03. The van der Waals surface area contributed by atoms with Gasteiger partial charge in [0, 0.05) is 5.92 Å². The van der Waals surface area contributed by atoms with Crippen LogP contribution in [0, 0.1) is 0 Å². The van der Waals surface area contributed by atoms with E-state index in [2.05, 4.69) is 15.3 Å². The Hall–Kier alpha value is -1.95. The maximum absolute atomic E-state index is 9.88. The molecule has 1 N–H and O–H groups in total. The molecule has 1 fully saturated rings. The zero-order valence-electron chi connectivity index (χ0n) is 10.2. The maximum Gasteiger partial charge on any atom is 0.234 e. The van der Waals surface area contributed by atoms with Gasteiger partial charge in [0.2, 0.25) is 4.96 Å². The van der Waals surface area contributed by atoms with Crippen molar-refractivity contribution in [2.24, 2.45) is 0 Å². The molecular weight excluding hydrogens is 260 g/mol. The zero-order chi connectivity index (χ0) is 12.8. The minimum atomic E-state index is 0.248.